The molecule has 0 spiro atoms. The standard InChI is InChI=1S/C14H12BrCl2N/c1-9-3-2-4-13(14(9)15)18-8-10-5-6-11(16)12(17)7-10/h2-7,18H,8H2,1H3. The van der Waals surface area contributed by atoms with Crippen molar-refractivity contribution in [3.05, 3.63) is 62.0 Å². The lowest BCUT2D eigenvalue weighted by Gasteiger charge is -2.10. The van der Waals surface area contributed by atoms with Gasteiger partial charge in [0.25, 0.3) is 0 Å². The lowest BCUT2D eigenvalue weighted by Crippen LogP contribution is -2.00. The maximum absolute atomic E-state index is 5.98. The van der Waals surface area contributed by atoms with Crippen LogP contribution in [0.3, 0.4) is 0 Å². The Balaban J connectivity index is 2.11. The van der Waals surface area contributed by atoms with Crippen LogP contribution in [0.2, 0.25) is 10.0 Å². The summed E-state index contributed by atoms with van der Waals surface area (Å²) < 4.78 is 1.09. The van der Waals surface area contributed by atoms with Crippen LogP contribution >= 0.6 is 39.1 Å². The molecule has 1 nitrogen and oxygen atoms in total. The fourth-order valence-corrected chi connectivity index (χ4v) is 2.36. The van der Waals surface area contributed by atoms with E-state index in [1.54, 1.807) is 0 Å². The largest absolute Gasteiger partial charge is 0.380 e. The van der Waals surface area contributed by atoms with Crippen molar-refractivity contribution in [2.75, 3.05) is 5.32 Å². The number of benzene rings is 2. The van der Waals surface area contributed by atoms with Gasteiger partial charge in [-0.2, -0.15) is 0 Å². The molecule has 0 fully saturated rings. The zero-order chi connectivity index (χ0) is 13.1. The van der Waals surface area contributed by atoms with E-state index < -0.39 is 0 Å². The topological polar surface area (TPSA) is 12.0 Å². The van der Waals surface area contributed by atoms with Crippen molar-refractivity contribution < 1.29 is 0 Å². The Labute approximate surface area is 125 Å². The zero-order valence-corrected chi connectivity index (χ0v) is 12.9. The third kappa shape index (κ3) is 3.19. The molecule has 0 amide bonds. The van der Waals surface area contributed by atoms with Gasteiger partial charge in [0.2, 0.25) is 0 Å². The lowest BCUT2D eigenvalue weighted by molar-refractivity contribution is 1.14. The van der Waals surface area contributed by atoms with Gasteiger partial charge in [-0.15, -0.1) is 0 Å². The van der Waals surface area contributed by atoms with Gasteiger partial charge in [0.1, 0.15) is 0 Å². The molecule has 0 radical (unpaired) electrons. The maximum Gasteiger partial charge on any atom is 0.0595 e. The minimum Gasteiger partial charge on any atom is -0.380 e. The molecule has 0 saturated heterocycles. The van der Waals surface area contributed by atoms with E-state index in [1.807, 2.05) is 30.3 Å². The minimum absolute atomic E-state index is 0.581. The van der Waals surface area contributed by atoms with Crippen LogP contribution in [0.5, 0.6) is 0 Å². The quantitative estimate of drug-likeness (QED) is 0.755. The summed E-state index contributed by atoms with van der Waals surface area (Å²) in [6.45, 7) is 2.77. The molecule has 18 heavy (non-hydrogen) atoms. The van der Waals surface area contributed by atoms with Crippen molar-refractivity contribution >= 4 is 44.8 Å². The summed E-state index contributed by atoms with van der Waals surface area (Å²) >= 11 is 15.4. The number of hydrogen-bond donors (Lipinski definition) is 1. The van der Waals surface area contributed by atoms with Gasteiger partial charge in [0.15, 0.2) is 0 Å². The predicted octanol–water partition coefficient (Wildman–Crippen LogP) is 5.68. The summed E-state index contributed by atoms with van der Waals surface area (Å²) in [6.07, 6.45) is 0. The Morgan fingerprint density at radius 3 is 2.61 bits per heavy atom. The summed E-state index contributed by atoms with van der Waals surface area (Å²) in [5, 5.41) is 4.53. The van der Waals surface area contributed by atoms with Crippen LogP contribution in [0.25, 0.3) is 0 Å². The molecule has 0 atom stereocenters. The number of hydrogen-bond acceptors (Lipinski definition) is 1. The molecule has 0 bridgehead atoms. The molecule has 2 aromatic carbocycles. The smallest absolute Gasteiger partial charge is 0.0595 e. The first-order valence-electron chi connectivity index (χ1n) is 5.51. The van der Waals surface area contributed by atoms with Gasteiger partial charge in [-0.05, 0) is 52.2 Å². The van der Waals surface area contributed by atoms with Crippen molar-refractivity contribution in [2.45, 2.75) is 13.5 Å². The average molecular weight is 345 g/mol. The predicted molar refractivity (Wildman–Crippen MR) is 82.7 cm³/mol. The van der Waals surface area contributed by atoms with Crippen LogP contribution < -0.4 is 5.32 Å². The zero-order valence-electron chi connectivity index (χ0n) is 9.81. The van der Waals surface area contributed by atoms with Gasteiger partial charge in [-0.25, -0.2) is 0 Å². The molecule has 0 aliphatic heterocycles. The fourth-order valence-electron chi connectivity index (χ4n) is 1.63. The average Bonchev–Trinajstić information content (AvgIpc) is 2.35. The van der Waals surface area contributed by atoms with E-state index in [4.69, 9.17) is 23.2 Å². The molecule has 0 aliphatic carbocycles. The first-order chi connectivity index (χ1) is 8.58. The van der Waals surface area contributed by atoms with Gasteiger partial charge in [-0.3, -0.25) is 0 Å². The molecule has 2 rings (SSSR count). The van der Waals surface area contributed by atoms with Crippen LogP contribution in [0.1, 0.15) is 11.1 Å². The number of anilines is 1. The highest BCUT2D eigenvalue weighted by Gasteiger charge is 2.03. The van der Waals surface area contributed by atoms with Crippen molar-refractivity contribution in [1.82, 2.24) is 0 Å². The van der Waals surface area contributed by atoms with Crippen molar-refractivity contribution in [1.29, 1.82) is 0 Å². The molecule has 94 valence electrons. The minimum atomic E-state index is 0.581. The number of halogens is 3. The summed E-state index contributed by atoms with van der Waals surface area (Å²) in [7, 11) is 0. The molecule has 0 saturated carbocycles. The van der Waals surface area contributed by atoms with Crippen LogP contribution in [-0.2, 0) is 6.54 Å². The molecular formula is C14H12BrCl2N. The Kier molecular flexibility index (Phi) is 4.55. The first-order valence-corrected chi connectivity index (χ1v) is 7.06. The summed E-state index contributed by atoms with van der Waals surface area (Å²) in [4.78, 5) is 0. The lowest BCUT2D eigenvalue weighted by atomic mass is 10.2. The molecule has 2 aromatic rings. The molecule has 1 N–H and O–H groups in total. The van der Waals surface area contributed by atoms with E-state index in [0.29, 0.717) is 16.6 Å². The van der Waals surface area contributed by atoms with Crippen molar-refractivity contribution in [2.24, 2.45) is 0 Å². The highest BCUT2D eigenvalue weighted by molar-refractivity contribution is 9.10. The Hall–Kier alpha value is -0.700. The second-order valence-electron chi connectivity index (χ2n) is 4.04. The maximum atomic E-state index is 5.98. The van der Waals surface area contributed by atoms with Crippen LogP contribution in [-0.4, -0.2) is 0 Å². The molecule has 0 heterocycles. The molecule has 0 aliphatic rings. The number of aryl methyl sites for hydroxylation is 1. The Morgan fingerprint density at radius 1 is 1.11 bits per heavy atom. The monoisotopic (exact) mass is 343 g/mol. The summed E-state index contributed by atoms with van der Waals surface area (Å²) in [5.74, 6) is 0. The van der Waals surface area contributed by atoms with E-state index in [2.05, 4.69) is 34.2 Å². The Morgan fingerprint density at radius 2 is 1.89 bits per heavy atom. The molecular weight excluding hydrogens is 333 g/mol. The van der Waals surface area contributed by atoms with E-state index in [0.717, 1.165) is 15.7 Å². The first kappa shape index (κ1) is 13.7. The van der Waals surface area contributed by atoms with Crippen LogP contribution in [0, 0.1) is 6.92 Å². The normalized spacial score (nSPS) is 10.4. The molecule has 0 unspecified atom stereocenters. The van der Waals surface area contributed by atoms with Crippen LogP contribution in [0.15, 0.2) is 40.9 Å². The highest BCUT2D eigenvalue weighted by atomic mass is 79.9. The van der Waals surface area contributed by atoms with Gasteiger partial charge in [-0.1, -0.05) is 41.4 Å². The fraction of sp³-hybridized carbons (Fsp3) is 0.143. The Bertz CT molecular complexity index is 570. The third-order valence-corrected chi connectivity index (χ3v) is 4.45. The third-order valence-electron chi connectivity index (χ3n) is 2.66. The van der Waals surface area contributed by atoms with E-state index in [-0.39, 0.29) is 0 Å². The van der Waals surface area contributed by atoms with E-state index in [9.17, 15) is 0 Å². The van der Waals surface area contributed by atoms with Crippen molar-refractivity contribution in [3.63, 3.8) is 0 Å². The van der Waals surface area contributed by atoms with Gasteiger partial charge in [0.05, 0.1) is 10.0 Å². The van der Waals surface area contributed by atoms with E-state index >= 15 is 0 Å². The molecule has 0 aromatic heterocycles. The number of nitrogens with one attached hydrogen (secondary N) is 1. The van der Waals surface area contributed by atoms with Crippen molar-refractivity contribution in [3.8, 4) is 0 Å². The van der Waals surface area contributed by atoms with Gasteiger partial charge in [0, 0.05) is 16.7 Å². The summed E-state index contributed by atoms with van der Waals surface area (Å²) in [5.41, 5.74) is 3.37. The summed E-state index contributed by atoms with van der Waals surface area (Å²) in [6, 6.07) is 11.8. The van der Waals surface area contributed by atoms with Crippen LogP contribution in [0.4, 0.5) is 5.69 Å². The number of rotatable bonds is 3. The van der Waals surface area contributed by atoms with E-state index in [1.165, 1.54) is 5.56 Å². The second-order valence-corrected chi connectivity index (χ2v) is 5.65. The highest BCUT2D eigenvalue weighted by Crippen LogP contribution is 2.27. The van der Waals surface area contributed by atoms with Gasteiger partial charge < -0.3 is 5.32 Å². The SMILES string of the molecule is Cc1cccc(NCc2ccc(Cl)c(Cl)c2)c1Br. The molecule has 4 heteroatoms. The van der Waals surface area contributed by atoms with Gasteiger partial charge >= 0.3 is 0 Å². The second kappa shape index (κ2) is 5.96.